The Hall–Kier alpha value is -3.52. The summed E-state index contributed by atoms with van der Waals surface area (Å²) in [6.45, 7) is 0. The van der Waals surface area contributed by atoms with Crippen LogP contribution in [-0.4, -0.2) is 0 Å². The van der Waals surface area contributed by atoms with Crippen molar-refractivity contribution >= 4 is 11.4 Å². The summed E-state index contributed by atoms with van der Waals surface area (Å²) in [7, 11) is 0. The van der Waals surface area contributed by atoms with Gasteiger partial charge in [0.1, 0.15) is 0 Å². The molecule has 0 saturated carbocycles. The molecule has 1 aliphatic carbocycles. The first-order chi connectivity index (χ1) is 14.2. The van der Waals surface area contributed by atoms with Crippen LogP contribution in [0.25, 0.3) is 11.1 Å². The topological polar surface area (TPSA) is 52.0 Å². The summed E-state index contributed by atoms with van der Waals surface area (Å²) < 4.78 is 0. The minimum Gasteiger partial charge on any atom is -0.399 e. The molecule has 142 valence electrons. The van der Waals surface area contributed by atoms with Crippen molar-refractivity contribution < 1.29 is 0 Å². The summed E-state index contributed by atoms with van der Waals surface area (Å²) >= 11 is 0. The first-order valence-corrected chi connectivity index (χ1v) is 10.0. The maximum atomic E-state index is 5.95. The zero-order valence-corrected chi connectivity index (χ0v) is 16.3. The van der Waals surface area contributed by atoms with E-state index < -0.39 is 0 Å². The smallest absolute Gasteiger partial charge is 0.0314 e. The maximum Gasteiger partial charge on any atom is 0.0314 e. The lowest BCUT2D eigenvalue weighted by atomic mass is 9.69. The molecular weight excluding hydrogens is 352 g/mol. The molecule has 2 heteroatoms. The van der Waals surface area contributed by atoms with E-state index >= 15 is 0 Å². The molecule has 1 aliphatic rings. The summed E-state index contributed by atoms with van der Waals surface area (Å²) in [6, 6.07) is 34.3. The van der Waals surface area contributed by atoms with Gasteiger partial charge in [0.05, 0.1) is 0 Å². The minimum absolute atomic E-state index is 0.126. The molecule has 4 N–H and O–H groups in total. The SMILES string of the molecule is Nc1ccc(CC2(Cc3ccc(N)cc3)c3ccccc3-c3ccccc32)cc1. The molecule has 0 spiro atoms. The number of benzene rings is 4. The Morgan fingerprint density at radius 2 is 0.862 bits per heavy atom. The van der Waals surface area contributed by atoms with Gasteiger partial charge in [-0.05, 0) is 70.5 Å². The second-order valence-corrected chi connectivity index (χ2v) is 8.01. The third kappa shape index (κ3) is 2.98. The average Bonchev–Trinajstić information content (AvgIpc) is 3.02. The molecule has 0 radical (unpaired) electrons. The molecule has 4 aromatic rings. The quantitative estimate of drug-likeness (QED) is 0.455. The van der Waals surface area contributed by atoms with E-state index in [0.717, 1.165) is 24.2 Å². The zero-order valence-electron chi connectivity index (χ0n) is 16.3. The minimum atomic E-state index is -0.126. The first-order valence-electron chi connectivity index (χ1n) is 10.0. The lowest BCUT2D eigenvalue weighted by Gasteiger charge is -2.33. The van der Waals surface area contributed by atoms with E-state index in [0.29, 0.717) is 0 Å². The van der Waals surface area contributed by atoms with Crippen LogP contribution < -0.4 is 11.5 Å². The van der Waals surface area contributed by atoms with Crippen LogP contribution in [0, 0.1) is 0 Å². The van der Waals surface area contributed by atoms with Gasteiger partial charge in [-0.25, -0.2) is 0 Å². The summed E-state index contributed by atoms with van der Waals surface area (Å²) in [5, 5.41) is 0. The summed E-state index contributed by atoms with van der Waals surface area (Å²) in [5.74, 6) is 0. The van der Waals surface area contributed by atoms with E-state index in [1.807, 2.05) is 24.3 Å². The van der Waals surface area contributed by atoms with Crippen molar-refractivity contribution in [2.45, 2.75) is 18.3 Å². The molecule has 0 aliphatic heterocycles. The molecule has 0 unspecified atom stereocenters. The van der Waals surface area contributed by atoms with Gasteiger partial charge in [0, 0.05) is 16.8 Å². The number of fused-ring (bicyclic) bond motifs is 3. The highest BCUT2D eigenvalue weighted by atomic mass is 14.5. The second kappa shape index (κ2) is 6.82. The van der Waals surface area contributed by atoms with Gasteiger partial charge < -0.3 is 11.5 Å². The predicted octanol–water partition coefficient (Wildman–Crippen LogP) is 5.60. The van der Waals surface area contributed by atoms with Crippen LogP contribution in [-0.2, 0) is 18.3 Å². The van der Waals surface area contributed by atoms with E-state index in [-0.39, 0.29) is 5.41 Å². The molecule has 0 atom stereocenters. The molecule has 0 saturated heterocycles. The van der Waals surface area contributed by atoms with Crippen LogP contribution in [0.4, 0.5) is 11.4 Å². The summed E-state index contributed by atoms with van der Waals surface area (Å²) in [6.07, 6.45) is 1.84. The molecule has 29 heavy (non-hydrogen) atoms. The van der Waals surface area contributed by atoms with Crippen molar-refractivity contribution in [3.63, 3.8) is 0 Å². The van der Waals surface area contributed by atoms with Crippen LogP contribution in [0.3, 0.4) is 0 Å². The molecule has 5 rings (SSSR count). The molecular formula is C27H24N2. The van der Waals surface area contributed by atoms with E-state index in [9.17, 15) is 0 Å². The van der Waals surface area contributed by atoms with Crippen molar-refractivity contribution in [2.75, 3.05) is 11.5 Å². The molecule has 0 bridgehead atoms. The van der Waals surface area contributed by atoms with E-state index in [1.54, 1.807) is 0 Å². The summed E-state index contributed by atoms with van der Waals surface area (Å²) in [4.78, 5) is 0. The highest BCUT2D eigenvalue weighted by molar-refractivity contribution is 5.81. The molecule has 0 amide bonds. The fourth-order valence-corrected chi connectivity index (χ4v) is 4.83. The van der Waals surface area contributed by atoms with Crippen molar-refractivity contribution in [3.8, 4) is 11.1 Å². The fraction of sp³-hybridized carbons (Fsp3) is 0.111. The highest BCUT2D eigenvalue weighted by Gasteiger charge is 2.42. The number of nitrogen functional groups attached to an aromatic ring is 2. The number of rotatable bonds is 4. The van der Waals surface area contributed by atoms with Crippen LogP contribution in [0.2, 0.25) is 0 Å². The third-order valence-electron chi connectivity index (χ3n) is 6.15. The lowest BCUT2D eigenvalue weighted by Crippen LogP contribution is -2.31. The average molecular weight is 377 g/mol. The summed E-state index contributed by atoms with van der Waals surface area (Å²) in [5.41, 5.74) is 21.4. The van der Waals surface area contributed by atoms with Crippen molar-refractivity contribution in [3.05, 3.63) is 119 Å². The zero-order chi connectivity index (χ0) is 19.8. The van der Waals surface area contributed by atoms with E-state index in [4.69, 9.17) is 11.5 Å². The van der Waals surface area contributed by atoms with E-state index in [2.05, 4.69) is 72.8 Å². The van der Waals surface area contributed by atoms with Crippen LogP contribution >= 0.6 is 0 Å². The normalized spacial score (nSPS) is 13.7. The number of hydrogen-bond donors (Lipinski definition) is 2. The van der Waals surface area contributed by atoms with E-state index in [1.165, 1.54) is 33.4 Å². The number of hydrogen-bond acceptors (Lipinski definition) is 2. The van der Waals surface area contributed by atoms with Crippen LogP contribution in [0.15, 0.2) is 97.1 Å². The molecule has 0 heterocycles. The maximum absolute atomic E-state index is 5.95. The Balaban J connectivity index is 1.71. The largest absolute Gasteiger partial charge is 0.399 e. The Labute approximate surface area is 171 Å². The van der Waals surface area contributed by atoms with Gasteiger partial charge in [-0.15, -0.1) is 0 Å². The molecule has 4 aromatic carbocycles. The Bertz CT molecular complexity index is 1060. The van der Waals surface area contributed by atoms with Crippen molar-refractivity contribution in [1.29, 1.82) is 0 Å². The van der Waals surface area contributed by atoms with Gasteiger partial charge in [-0.3, -0.25) is 0 Å². The van der Waals surface area contributed by atoms with Gasteiger partial charge in [-0.2, -0.15) is 0 Å². The standard InChI is InChI=1S/C27H24N2/c28-21-13-9-19(10-14-21)17-27(18-20-11-15-22(29)16-12-20)25-7-3-1-5-23(25)24-6-2-4-8-26(24)27/h1-16H,17-18,28-29H2. The Morgan fingerprint density at radius 3 is 1.28 bits per heavy atom. The first kappa shape index (κ1) is 17.6. The fourth-order valence-electron chi connectivity index (χ4n) is 4.83. The van der Waals surface area contributed by atoms with Crippen molar-refractivity contribution in [2.24, 2.45) is 0 Å². The number of anilines is 2. The van der Waals surface area contributed by atoms with Gasteiger partial charge in [0.25, 0.3) is 0 Å². The molecule has 0 fully saturated rings. The lowest BCUT2D eigenvalue weighted by molar-refractivity contribution is 0.520. The van der Waals surface area contributed by atoms with Crippen LogP contribution in [0.1, 0.15) is 22.3 Å². The highest BCUT2D eigenvalue weighted by Crippen LogP contribution is 2.52. The van der Waals surface area contributed by atoms with Gasteiger partial charge in [0.15, 0.2) is 0 Å². The molecule has 2 nitrogen and oxygen atoms in total. The number of nitrogens with two attached hydrogens (primary N) is 2. The third-order valence-corrected chi connectivity index (χ3v) is 6.15. The van der Waals surface area contributed by atoms with Crippen molar-refractivity contribution in [1.82, 2.24) is 0 Å². The van der Waals surface area contributed by atoms with Gasteiger partial charge in [-0.1, -0.05) is 72.8 Å². The Kier molecular flexibility index (Phi) is 4.13. The van der Waals surface area contributed by atoms with Gasteiger partial charge in [0.2, 0.25) is 0 Å². The van der Waals surface area contributed by atoms with Gasteiger partial charge >= 0.3 is 0 Å². The predicted molar refractivity (Wildman–Crippen MR) is 122 cm³/mol. The van der Waals surface area contributed by atoms with Crippen LogP contribution in [0.5, 0.6) is 0 Å². The monoisotopic (exact) mass is 376 g/mol. The second-order valence-electron chi connectivity index (χ2n) is 8.01. The molecule has 0 aromatic heterocycles. The Morgan fingerprint density at radius 1 is 0.483 bits per heavy atom.